The lowest BCUT2D eigenvalue weighted by molar-refractivity contribution is 0.290. The normalized spacial score (nSPS) is 8.75. The second kappa shape index (κ2) is 5.34. The lowest BCUT2D eigenvalue weighted by atomic mass is 10.3. The van der Waals surface area contributed by atoms with Crippen LogP contribution in [0.1, 0.15) is 18.5 Å². The number of aliphatic hydroxyl groups is 1. The highest BCUT2D eigenvalue weighted by Gasteiger charge is 1.82. The number of rotatable bonds is 2. The molecule has 0 atom stereocenters. The first kappa shape index (κ1) is 8.76. The number of aromatic nitrogens is 1. The van der Waals surface area contributed by atoms with E-state index >= 15 is 0 Å². The monoisotopic (exact) mass is 161 g/mol. The van der Waals surface area contributed by atoms with E-state index < -0.39 is 0 Å². The Bertz CT molecular complexity index is 271. The molecule has 0 bridgehead atoms. The number of hydrogen-bond acceptors (Lipinski definition) is 2. The van der Waals surface area contributed by atoms with E-state index in [0.29, 0.717) is 0 Å². The third-order valence-electron chi connectivity index (χ3n) is 1.34. The molecule has 0 amide bonds. The number of nitrogens with zero attached hydrogens (tertiary/aromatic N) is 1. The largest absolute Gasteiger partial charge is 0.396 e. The van der Waals surface area contributed by atoms with Crippen molar-refractivity contribution in [2.24, 2.45) is 0 Å². The van der Waals surface area contributed by atoms with Crippen molar-refractivity contribution >= 4 is 0 Å². The van der Waals surface area contributed by atoms with Gasteiger partial charge in [0.05, 0.1) is 0 Å². The summed E-state index contributed by atoms with van der Waals surface area (Å²) in [6.45, 7) is 0.205. The minimum atomic E-state index is 0.205. The Kier molecular flexibility index (Phi) is 3.90. The van der Waals surface area contributed by atoms with E-state index in [2.05, 4.69) is 16.8 Å². The topological polar surface area (TPSA) is 33.1 Å². The molecule has 12 heavy (non-hydrogen) atoms. The average Bonchev–Trinajstić information content (AvgIpc) is 2.14. The zero-order valence-corrected chi connectivity index (χ0v) is 6.83. The highest BCUT2D eigenvalue weighted by Crippen LogP contribution is 1.90. The van der Waals surface area contributed by atoms with Gasteiger partial charge in [0.25, 0.3) is 0 Å². The van der Waals surface area contributed by atoms with Gasteiger partial charge < -0.3 is 5.11 Å². The van der Waals surface area contributed by atoms with Crippen LogP contribution in [-0.2, 0) is 0 Å². The summed E-state index contributed by atoms with van der Waals surface area (Å²) >= 11 is 0. The second-order valence-electron chi connectivity index (χ2n) is 2.34. The maximum absolute atomic E-state index is 8.48. The summed E-state index contributed by atoms with van der Waals surface area (Å²) < 4.78 is 0. The van der Waals surface area contributed by atoms with Crippen molar-refractivity contribution in [2.45, 2.75) is 12.8 Å². The Labute approximate surface area is 72.3 Å². The SMILES string of the molecule is OCCCC#Cc1ccccn1. The van der Waals surface area contributed by atoms with Crippen LogP contribution in [0.2, 0.25) is 0 Å². The van der Waals surface area contributed by atoms with Crippen molar-refractivity contribution in [3.05, 3.63) is 30.1 Å². The first-order valence-electron chi connectivity index (χ1n) is 3.94. The van der Waals surface area contributed by atoms with Gasteiger partial charge in [-0.25, -0.2) is 4.98 Å². The Morgan fingerprint density at radius 2 is 2.33 bits per heavy atom. The average molecular weight is 161 g/mol. The summed E-state index contributed by atoms with van der Waals surface area (Å²) in [6.07, 6.45) is 3.18. The third-order valence-corrected chi connectivity index (χ3v) is 1.34. The summed E-state index contributed by atoms with van der Waals surface area (Å²) in [5.74, 6) is 5.84. The van der Waals surface area contributed by atoms with Crippen molar-refractivity contribution in [1.82, 2.24) is 4.98 Å². The number of hydrogen-bond donors (Lipinski definition) is 1. The molecule has 0 aromatic carbocycles. The number of unbranched alkanes of at least 4 members (excludes halogenated alkanes) is 1. The molecular weight excluding hydrogens is 150 g/mol. The van der Waals surface area contributed by atoms with Crippen molar-refractivity contribution in [3.8, 4) is 11.8 Å². The van der Waals surface area contributed by atoms with Crippen molar-refractivity contribution in [3.63, 3.8) is 0 Å². The molecular formula is C10H11NO. The van der Waals surface area contributed by atoms with Crippen LogP contribution >= 0.6 is 0 Å². The van der Waals surface area contributed by atoms with Gasteiger partial charge >= 0.3 is 0 Å². The van der Waals surface area contributed by atoms with E-state index in [1.807, 2.05) is 18.2 Å². The van der Waals surface area contributed by atoms with Gasteiger partial charge in [0, 0.05) is 19.2 Å². The molecule has 1 aromatic rings. The maximum Gasteiger partial charge on any atom is 0.113 e. The molecule has 0 unspecified atom stereocenters. The van der Waals surface area contributed by atoms with E-state index in [-0.39, 0.29) is 6.61 Å². The molecule has 0 saturated carbocycles. The van der Waals surface area contributed by atoms with Gasteiger partial charge in [-0.05, 0) is 24.5 Å². The van der Waals surface area contributed by atoms with Crippen molar-refractivity contribution < 1.29 is 5.11 Å². The minimum Gasteiger partial charge on any atom is -0.396 e. The molecule has 62 valence electrons. The fourth-order valence-electron chi connectivity index (χ4n) is 0.757. The van der Waals surface area contributed by atoms with Gasteiger partial charge in [-0.1, -0.05) is 12.0 Å². The van der Waals surface area contributed by atoms with Crippen LogP contribution in [0.25, 0.3) is 0 Å². The molecule has 0 aliphatic carbocycles. The van der Waals surface area contributed by atoms with Gasteiger partial charge in [0.2, 0.25) is 0 Å². The first-order chi connectivity index (χ1) is 5.93. The molecule has 0 radical (unpaired) electrons. The predicted molar refractivity (Wildman–Crippen MR) is 47.4 cm³/mol. The molecule has 1 aromatic heterocycles. The molecule has 0 spiro atoms. The van der Waals surface area contributed by atoms with Gasteiger partial charge in [-0.2, -0.15) is 0 Å². The molecule has 0 aliphatic heterocycles. The predicted octanol–water partition coefficient (Wildman–Crippen LogP) is 1.21. The molecule has 0 saturated heterocycles. The molecule has 1 heterocycles. The number of aliphatic hydroxyl groups excluding tert-OH is 1. The number of pyridine rings is 1. The smallest absolute Gasteiger partial charge is 0.113 e. The quantitative estimate of drug-likeness (QED) is 0.522. The summed E-state index contributed by atoms with van der Waals surface area (Å²) in [7, 11) is 0. The van der Waals surface area contributed by atoms with Crippen LogP contribution < -0.4 is 0 Å². The van der Waals surface area contributed by atoms with E-state index in [0.717, 1.165) is 18.5 Å². The summed E-state index contributed by atoms with van der Waals surface area (Å²) in [5.41, 5.74) is 0.787. The molecule has 0 fully saturated rings. The van der Waals surface area contributed by atoms with Gasteiger partial charge in [-0.15, -0.1) is 0 Å². The molecule has 2 nitrogen and oxygen atoms in total. The van der Waals surface area contributed by atoms with E-state index in [1.54, 1.807) is 6.20 Å². The Morgan fingerprint density at radius 3 is 3.00 bits per heavy atom. The summed E-state index contributed by atoms with van der Waals surface area (Å²) in [5, 5.41) is 8.48. The minimum absolute atomic E-state index is 0.205. The molecule has 2 heteroatoms. The Balaban J connectivity index is 2.44. The third kappa shape index (κ3) is 3.18. The fourth-order valence-corrected chi connectivity index (χ4v) is 0.757. The van der Waals surface area contributed by atoms with Crippen molar-refractivity contribution in [1.29, 1.82) is 0 Å². The van der Waals surface area contributed by atoms with Crippen LogP contribution in [-0.4, -0.2) is 16.7 Å². The maximum atomic E-state index is 8.48. The first-order valence-corrected chi connectivity index (χ1v) is 3.94. The van der Waals surface area contributed by atoms with E-state index in [9.17, 15) is 0 Å². The van der Waals surface area contributed by atoms with Gasteiger partial charge in [0.15, 0.2) is 0 Å². The van der Waals surface area contributed by atoms with Gasteiger partial charge in [0.1, 0.15) is 5.69 Å². The van der Waals surface area contributed by atoms with Crippen LogP contribution in [0.5, 0.6) is 0 Å². The van der Waals surface area contributed by atoms with Crippen LogP contribution in [0.15, 0.2) is 24.4 Å². The zero-order chi connectivity index (χ0) is 8.65. The summed E-state index contributed by atoms with van der Waals surface area (Å²) in [4.78, 5) is 4.04. The van der Waals surface area contributed by atoms with Crippen LogP contribution in [0.3, 0.4) is 0 Å². The lowest BCUT2D eigenvalue weighted by Crippen LogP contribution is -1.81. The highest BCUT2D eigenvalue weighted by atomic mass is 16.2. The molecule has 0 aliphatic rings. The fraction of sp³-hybridized carbons (Fsp3) is 0.300. The van der Waals surface area contributed by atoms with E-state index in [4.69, 9.17) is 5.11 Å². The summed E-state index contributed by atoms with van der Waals surface area (Å²) in [6, 6.07) is 5.63. The highest BCUT2D eigenvalue weighted by molar-refractivity contribution is 5.26. The second-order valence-corrected chi connectivity index (χ2v) is 2.34. The Hall–Kier alpha value is -1.33. The molecule has 1 N–H and O–H groups in total. The van der Waals surface area contributed by atoms with Crippen LogP contribution in [0, 0.1) is 11.8 Å². The lowest BCUT2D eigenvalue weighted by Gasteiger charge is -1.86. The molecule has 1 rings (SSSR count). The van der Waals surface area contributed by atoms with Crippen LogP contribution in [0.4, 0.5) is 0 Å². The standard InChI is InChI=1S/C10H11NO/c12-9-5-1-2-6-10-7-3-4-8-11-10/h3-4,7-8,12H,1,5,9H2. The van der Waals surface area contributed by atoms with E-state index in [1.165, 1.54) is 0 Å². The zero-order valence-electron chi connectivity index (χ0n) is 6.83. The Morgan fingerprint density at radius 1 is 1.42 bits per heavy atom. The van der Waals surface area contributed by atoms with Crippen molar-refractivity contribution in [2.75, 3.05) is 6.61 Å². The van der Waals surface area contributed by atoms with Gasteiger partial charge in [-0.3, -0.25) is 0 Å².